The number of nitrogens with one attached hydrogen (secondary N) is 1. The number of nitrogens with zero attached hydrogens (tertiary/aromatic N) is 4. The molecule has 26 heavy (non-hydrogen) atoms. The fraction of sp³-hybridized carbons (Fsp3) is 0.158. The molecule has 1 N–H and O–H groups in total. The van der Waals surface area contributed by atoms with E-state index >= 15 is 0 Å². The average molecular weight is 365 g/mol. The molecule has 0 saturated heterocycles. The monoisotopic (exact) mass is 365 g/mol. The maximum absolute atomic E-state index is 12.0. The van der Waals surface area contributed by atoms with Crippen molar-refractivity contribution in [2.24, 2.45) is 5.10 Å². The fourth-order valence-electron chi connectivity index (χ4n) is 2.36. The molecule has 0 fully saturated rings. The van der Waals surface area contributed by atoms with E-state index in [2.05, 4.69) is 20.7 Å². The Kier molecular flexibility index (Phi) is 6.16. The molecule has 0 saturated carbocycles. The summed E-state index contributed by atoms with van der Waals surface area (Å²) in [5, 5.41) is 13.2. The van der Waals surface area contributed by atoms with E-state index in [1.807, 2.05) is 72.2 Å². The zero-order chi connectivity index (χ0) is 18.2. The van der Waals surface area contributed by atoms with Crippen molar-refractivity contribution in [2.45, 2.75) is 18.6 Å². The van der Waals surface area contributed by atoms with Crippen LogP contribution in [-0.4, -0.2) is 32.6 Å². The Balaban J connectivity index is 1.58. The van der Waals surface area contributed by atoms with Gasteiger partial charge in [-0.15, -0.1) is 10.2 Å². The number of amides is 1. The van der Waals surface area contributed by atoms with Crippen molar-refractivity contribution < 1.29 is 4.79 Å². The van der Waals surface area contributed by atoms with Gasteiger partial charge in [-0.05, 0) is 12.5 Å². The molecule has 3 aromatic rings. The molecule has 0 radical (unpaired) electrons. The third kappa shape index (κ3) is 4.58. The molecular formula is C19H19N5OS. The Labute approximate surface area is 156 Å². The maximum atomic E-state index is 12.0. The summed E-state index contributed by atoms with van der Waals surface area (Å²) in [6.45, 7) is 2.76. The Hall–Kier alpha value is -2.93. The number of hydrogen-bond acceptors (Lipinski definition) is 5. The van der Waals surface area contributed by atoms with Crippen molar-refractivity contribution in [3.8, 4) is 11.4 Å². The van der Waals surface area contributed by atoms with Gasteiger partial charge < -0.3 is 4.57 Å². The van der Waals surface area contributed by atoms with E-state index in [4.69, 9.17) is 0 Å². The molecule has 7 heteroatoms. The molecule has 1 amide bonds. The van der Waals surface area contributed by atoms with Crippen molar-refractivity contribution in [1.82, 2.24) is 20.2 Å². The second kappa shape index (κ2) is 8.96. The maximum Gasteiger partial charge on any atom is 0.250 e. The van der Waals surface area contributed by atoms with Gasteiger partial charge in [0.2, 0.25) is 0 Å². The Bertz CT molecular complexity index is 877. The van der Waals surface area contributed by atoms with Crippen LogP contribution in [0.15, 0.2) is 70.9 Å². The summed E-state index contributed by atoms with van der Waals surface area (Å²) in [4.78, 5) is 12.0. The number of thioether (sulfide) groups is 1. The van der Waals surface area contributed by atoms with Crippen LogP contribution in [0.5, 0.6) is 0 Å². The highest BCUT2D eigenvalue weighted by molar-refractivity contribution is 7.99. The van der Waals surface area contributed by atoms with E-state index in [0.717, 1.165) is 23.5 Å². The van der Waals surface area contributed by atoms with E-state index in [1.54, 1.807) is 6.21 Å². The molecule has 0 aliphatic rings. The topological polar surface area (TPSA) is 72.2 Å². The summed E-state index contributed by atoms with van der Waals surface area (Å²) in [6, 6.07) is 19.5. The Morgan fingerprint density at radius 2 is 1.81 bits per heavy atom. The summed E-state index contributed by atoms with van der Waals surface area (Å²) in [5.41, 5.74) is 4.46. The molecule has 132 valence electrons. The molecule has 0 spiro atoms. The van der Waals surface area contributed by atoms with Crippen LogP contribution in [0.4, 0.5) is 0 Å². The summed E-state index contributed by atoms with van der Waals surface area (Å²) in [5.74, 6) is 0.839. The molecule has 0 bridgehead atoms. The van der Waals surface area contributed by atoms with Crippen molar-refractivity contribution in [3.05, 3.63) is 66.2 Å². The van der Waals surface area contributed by atoms with Crippen molar-refractivity contribution in [1.29, 1.82) is 0 Å². The van der Waals surface area contributed by atoms with E-state index in [9.17, 15) is 4.79 Å². The number of carbonyl (C=O) groups excluding carboxylic acids is 1. The van der Waals surface area contributed by atoms with Crippen molar-refractivity contribution in [3.63, 3.8) is 0 Å². The first-order valence-electron chi connectivity index (χ1n) is 8.26. The normalized spacial score (nSPS) is 11.0. The largest absolute Gasteiger partial charge is 0.302 e. The van der Waals surface area contributed by atoms with Crippen LogP contribution in [0.25, 0.3) is 11.4 Å². The van der Waals surface area contributed by atoms with Crippen LogP contribution in [0.1, 0.15) is 12.5 Å². The lowest BCUT2D eigenvalue weighted by molar-refractivity contribution is -0.118. The molecule has 0 aliphatic carbocycles. The fourth-order valence-corrected chi connectivity index (χ4v) is 3.16. The Morgan fingerprint density at radius 1 is 1.12 bits per heavy atom. The van der Waals surface area contributed by atoms with Crippen molar-refractivity contribution in [2.75, 3.05) is 5.75 Å². The van der Waals surface area contributed by atoms with E-state index < -0.39 is 0 Å². The van der Waals surface area contributed by atoms with E-state index in [1.165, 1.54) is 11.8 Å². The van der Waals surface area contributed by atoms with Gasteiger partial charge >= 0.3 is 0 Å². The lowest BCUT2D eigenvalue weighted by Crippen LogP contribution is -2.20. The van der Waals surface area contributed by atoms with Crippen LogP contribution < -0.4 is 5.43 Å². The summed E-state index contributed by atoms with van der Waals surface area (Å²) in [6.07, 6.45) is 1.62. The lowest BCUT2D eigenvalue weighted by Gasteiger charge is -2.06. The van der Waals surface area contributed by atoms with Crippen LogP contribution in [-0.2, 0) is 11.3 Å². The summed E-state index contributed by atoms with van der Waals surface area (Å²) >= 11 is 1.34. The molecular weight excluding hydrogens is 346 g/mol. The minimum absolute atomic E-state index is 0.186. The van der Waals surface area contributed by atoms with Crippen LogP contribution in [0, 0.1) is 0 Å². The van der Waals surface area contributed by atoms with Gasteiger partial charge in [0.25, 0.3) is 5.91 Å². The second-order valence-electron chi connectivity index (χ2n) is 5.41. The lowest BCUT2D eigenvalue weighted by atomic mass is 10.2. The van der Waals surface area contributed by atoms with Gasteiger partial charge in [-0.25, -0.2) is 5.43 Å². The number of aromatic nitrogens is 3. The van der Waals surface area contributed by atoms with Gasteiger partial charge in [-0.3, -0.25) is 4.79 Å². The third-order valence-electron chi connectivity index (χ3n) is 3.60. The number of carbonyl (C=O) groups is 1. The molecule has 1 aromatic heterocycles. The molecule has 2 aromatic carbocycles. The third-order valence-corrected chi connectivity index (χ3v) is 4.57. The van der Waals surface area contributed by atoms with Crippen molar-refractivity contribution >= 4 is 23.9 Å². The van der Waals surface area contributed by atoms with E-state index in [-0.39, 0.29) is 11.7 Å². The molecule has 3 rings (SSSR count). The van der Waals surface area contributed by atoms with Crippen LogP contribution in [0.2, 0.25) is 0 Å². The average Bonchev–Trinajstić information content (AvgIpc) is 3.11. The van der Waals surface area contributed by atoms with Gasteiger partial charge in [0, 0.05) is 12.1 Å². The van der Waals surface area contributed by atoms with Crippen LogP contribution in [0.3, 0.4) is 0 Å². The Morgan fingerprint density at radius 3 is 2.50 bits per heavy atom. The van der Waals surface area contributed by atoms with Crippen LogP contribution >= 0.6 is 11.8 Å². The van der Waals surface area contributed by atoms with E-state index in [0.29, 0.717) is 5.16 Å². The summed E-state index contributed by atoms with van der Waals surface area (Å²) < 4.78 is 2.00. The van der Waals surface area contributed by atoms with Gasteiger partial charge in [0.1, 0.15) is 0 Å². The molecule has 1 heterocycles. The minimum atomic E-state index is -0.186. The first-order valence-corrected chi connectivity index (χ1v) is 9.25. The predicted molar refractivity (Wildman–Crippen MR) is 104 cm³/mol. The zero-order valence-electron chi connectivity index (χ0n) is 14.4. The van der Waals surface area contributed by atoms with Gasteiger partial charge in [0.05, 0.1) is 12.0 Å². The van der Waals surface area contributed by atoms with Gasteiger partial charge in [-0.2, -0.15) is 5.10 Å². The first-order chi connectivity index (χ1) is 12.8. The smallest absolute Gasteiger partial charge is 0.250 e. The number of rotatable bonds is 7. The first kappa shape index (κ1) is 17.9. The number of hydrazone groups is 1. The highest BCUT2D eigenvalue weighted by atomic mass is 32.2. The second-order valence-corrected chi connectivity index (χ2v) is 6.35. The standard InChI is InChI=1S/C19H19N5OS/c1-2-24-18(16-11-7-4-8-12-16)22-23-19(24)26-14-17(25)21-20-13-15-9-5-3-6-10-15/h3-13H,2,14H2,1H3,(H,21,25)/b20-13-. The quantitative estimate of drug-likeness (QED) is 0.396. The molecule has 0 unspecified atom stereocenters. The SMILES string of the molecule is CCn1c(SCC(=O)N/N=C\c2ccccc2)nnc1-c1ccccc1. The number of hydrogen-bond donors (Lipinski definition) is 1. The number of benzene rings is 2. The summed E-state index contributed by atoms with van der Waals surface area (Å²) in [7, 11) is 0. The highest BCUT2D eigenvalue weighted by Crippen LogP contribution is 2.23. The highest BCUT2D eigenvalue weighted by Gasteiger charge is 2.14. The minimum Gasteiger partial charge on any atom is -0.302 e. The predicted octanol–water partition coefficient (Wildman–Crippen LogP) is 3.21. The van der Waals surface area contributed by atoms with Gasteiger partial charge in [-0.1, -0.05) is 72.4 Å². The van der Waals surface area contributed by atoms with Gasteiger partial charge in [0.15, 0.2) is 11.0 Å². The molecule has 0 aliphatic heterocycles. The molecule has 0 atom stereocenters. The molecule has 6 nitrogen and oxygen atoms in total. The zero-order valence-corrected chi connectivity index (χ0v) is 15.2.